The van der Waals surface area contributed by atoms with Crippen LogP contribution < -0.4 is 0 Å². The van der Waals surface area contributed by atoms with Crippen LogP contribution in [0.5, 0.6) is 0 Å². The highest BCUT2D eigenvalue weighted by Gasteiger charge is 2.40. The molecule has 4 heteroatoms. The van der Waals surface area contributed by atoms with Crippen LogP contribution in [-0.2, 0) is 11.3 Å². The fourth-order valence-corrected chi connectivity index (χ4v) is 3.01. The molecule has 0 bridgehead atoms. The van der Waals surface area contributed by atoms with E-state index in [-0.39, 0.29) is 0 Å². The molecule has 0 amide bonds. The molecule has 0 aliphatic heterocycles. The van der Waals surface area contributed by atoms with Gasteiger partial charge in [0.2, 0.25) is 0 Å². The van der Waals surface area contributed by atoms with Gasteiger partial charge in [0.15, 0.2) is 0 Å². The first-order chi connectivity index (χ1) is 9.12. The summed E-state index contributed by atoms with van der Waals surface area (Å²) in [5.74, 6) is -0.639. The topological polar surface area (TPSA) is 53.4 Å². The van der Waals surface area contributed by atoms with E-state index in [2.05, 4.69) is 9.88 Å². The summed E-state index contributed by atoms with van der Waals surface area (Å²) in [7, 11) is 1.98. The number of pyridine rings is 1. The Hall–Kier alpha value is -1.42. The minimum Gasteiger partial charge on any atom is -0.481 e. The third-order valence-electron chi connectivity index (χ3n) is 3.99. The molecular formula is C15H22N2O2. The number of rotatable bonds is 5. The molecule has 4 nitrogen and oxygen atoms in total. The predicted molar refractivity (Wildman–Crippen MR) is 73.7 cm³/mol. The quantitative estimate of drug-likeness (QED) is 0.886. The molecular weight excluding hydrogens is 240 g/mol. The molecule has 0 spiro atoms. The minimum atomic E-state index is -0.639. The zero-order valence-electron chi connectivity index (χ0n) is 11.5. The van der Waals surface area contributed by atoms with Crippen molar-refractivity contribution in [3.8, 4) is 0 Å². The summed E-state index contributed by atoms with van der Waals surface area (Å²) in [4.78, 5) is 18.0. The number of nitrogens with zero attached hydrogens (tertiary/aromatic N) is 2. The fourth-order valence-electron chi connectivity index (χ4n) is 3.01. The Labute approximate surface area is 114 Å². The zero-order valence-corrected chi connectivity index (χ0v) is 11.5. The van der Waals surface area contributed by atoms with Gasteiger partial charge in [-0.15, -0.1) is 0 Å². The van der Waals surface area contributed by atoms with E-state index in [9.17, 15) is 9.90 Å². The maximum Gasteiger partial charge on any atom is 0.310 e. The van der Waals surface area contributed by atoms with Crippen molar-refractivity contribution in [1.82, 2.24) is 9.88 Å². The molecule has 0 unspecified atom stereocenters. The highest BCUT2D eigenvalue weighted by atomic mass is 16.4. The number of aliphatic carboxylic acids is 1. The summed E-state index contributed by atoms with van der Waals surface area (Å²) in [5.41, 5.74) is 0.434. The van der Waals surface area contributed by atoms with E-state index < -0.39 is 11.4 Å². The van der Waals surface area contributed by atoms with Gasteiger partial charge in [0.05, 0.1) is 11.1 Å². The summed E-state index contributed by atoms with van der Waals surface area (Å²) in [6.45, 7) is 1.31. The first-order valence-electron chi connectivity index (χ1n) is 6.94. The maximum absolute atomic E-state index is 11.6. The highest BCUT2D eigenvalue weighted by molar-refractivity contribution is 5.75. The number of carbonyl (C=O) groups is 1. The van der Waals surface area contributed by atoms with Crippen LogP contribution >= 0.6 is 0 Å². The van der Waals surface area contributed by atoms with Gasteiger partial charge in [0.1, 0.15) is 0 Å². The molecule has 1 heterocycles. The van der Waals surface area contributed by atoms with Crippen molar-refractivity contribution in [2.45, 2.75) is 38.6 Å². The lowest BCUT2D eigenvalue weighted by molar-refractivity contribution is -0.152. The Bertz CT molecular complexity index is 413. The van der Waals surface area contributed by atoms with Gasteiger partial charge in [0, 0.05) is 19.3 Å². The van der Waals surface area contributed by atoms with Crippen LogP contribution in [0.1, 0.15) is 37.8 Å². The van der Waals surface area contributed by atoms with Crippen molar-refractivity contribution in [3.05, 3.63) is 30.1 Å². The number of carboxylic acids is 1. The molecule has 0 saturated heterocycles. The standard InChI is InChI=1S/C15H22N2O2/c1-17(11-13-7-3-6-10-16-13)12-15(14(18)19)8-4-2-5-9-15/h3,6-7,10H,2,4-5,8-9,11-12H2,1H3,(H,18,19). The van der Waals surface area contributed by atoms with E-state index in [0.29, 0.717) is 13.1 Å². The molecule has 2 rings (SSSR count). The third-order valence-corrected chi connectivity index (χ3v) is 3.99. The molecule has 1 aromatic rings. The van der Waals surface area contributed by atoms with Crippen LogP contribution in [0.3, 0.4) is 0 Å². The van der Waals surface area contributed by atoms with Gasteiger partial charge >= 0.3 is 5.97 Å². The molecule has 1 fully saturated rings. The Morgan fingerprint density at radius 1 is 1.37 bits per heavy atom. The summed E-state index contributed by atoms with van der Waals surface area (Å²) >= 11 is 0. The van der Waals surface area contributed by atoms with E-state index >= 15 is 0 Å². The summed E-state index contributed by atoms with van der Waals surface area (Å²) < 4.78 is 0. The van der Waals surface area contributed by atoms with Crippen molar-refractivity contribution >= 4 is 5.97 Å². The molecule has 1 aliphatic rings. The van der Waals surface area contributed by atoms with Crippen molar-refractivity contribution < 1.29 is 9.90 Å². The van der Waals surface area contributed by atoms with E-state index in [1.165, 1.54) is 6.42 Å². The predicted octanol–water partition coefficient (Wildman–Crippen LogP) is 2.55. The first-order valence-corrected chi connectivity index (χ1v) is 6.94. The second-order valence-electron chi connectivity index (χ2n) is 5.64. The number of hydrogen-bond acceptors (Lipinski definition) is 3. The molecule has 104 valence electrons. The van der Waals surface area contributed by atoms with Crippen LogP contribution in [-0.4, -0.2) is 34.6 Å². The van der Waals surface area contributed by atoms with Crippen molar-refractivity contribution in [1.29, 1.82) is 0 Å². The lowest BCUT2D eigenvalue weighted by atomic mass is 9.73. The van der Waals surface area contributed by atoms with Gasteiger partial charge in [-0.3, -0.25) is 14.7 Å². The minimum absolute atomic E-state index is 0.554. The summed E-state index contributed by atoms with van der Waals surface area (Å²) in [6, 6.07) is 5.83. The average Bonchev–Trinajstić information content (AvgIpc) is 2.40. The second-order valence-corrected chi connectivity index (χ2v) is 5.64. The second kappa shape index (κ2) is 6.15. The van der Waals surface area contributed by atoms with Crippen LogP contribution in [0.15, 0.2) is 24.4 Å². The van der Waals surface area contributed by atoms with Gasteiger partial charge in [-0.2, -0.15) is 0 Å². The molecule has 1 aromatic heterocycles. The summed E-state index contributed by atoms with van der Waals surface area (Å²) in [5, 5.41) is 9.56. The van der Waals surface area contributed by atoms with Crippen molar-refractivity contribution in [3.63, 3.8) is 0 Å². The van der Waals surface area contributed by atoms with Crippen molar-refractivity contribution in [2.75, 3.05) is 13.6 Å². The van der Waals surface area contributed by atoms with Gasteiger partial charge < -0.3 is 5.11 Å². The Balaban J connectivity index is 1.99. The largest absolute Gasteiger partial charge is 0.481 e. The molecule has 1 aliphatic carbocycles. The number of aromatic nitrogens is 1. The van der Waals surface area contributed by atoms with E-state index in [1.54, 1.807) is 6.20 Å². The van der Waals surface area contributed by atoms with Crippen LogP contribution in [0.4, 0.5) is 0 Å². The lowest BCUT2D eigenvalue weighted by Gasteiger charge is -2.36. The van der Waals surface area contributed by atoms with E-state index in [0.717, 1.165) is 31.4 Å². The number of hydrogen-bond donors (Lipinski definition) is 1. The van der Waals surface area contributed by atoms with Gasteiger partial charge in [0.25, 0.3) is 0 Å². The molecule has 0 radical (unpaired) electrons. The Kier molecular flexibility index (Phi) is 4.53. The van der Waals surface area contributed by atoms with Crippen LogP contribution in [0.2, 0.25) is 0 Å². The smallest absolute Gasteiger partial charge is 0.310 e. The maximum atomic E-state index is 11.6. The zero-order chi connectivity index (χ0) is 13.7. The first kappa shape index (κ1) is 14.0. The lowest BCUT2D eigenvalue weighted by Crippen LogP contribution is -2.43. The van der Waals surface area contributed by atoms with E-state index in [4.69, 9.17) is 0 Å². The molecule has 0 atom stereocenters. The molecule has 19 heavy (non-hydrogen) atoms. The molecule has 0 aromatic carbocycles. The SMILES string of the molecule is CN(Cc1ccccn1)CC1(C(=O)O)CCCCC1. The Morgan fingerprint density at radius 3 is 2.68 bits per heavy atom. The monoisotopic (exact) mass is 262 g/mol. The van der Waals surface area contributed by atoms with Crippen LogP contribution in [0, 0.1) is 5.41 Å². The van der Waals surface area contributed by atoms with E-state index in [1.807, 2.05) is 25.2 Å². The molecule has 1 N–H and O–H groups in total. The third kappa shape index (κ3) is 3.53. The molecule has 1 saturated carbocycles. The highest BCUT2D eigenvalue weighted by Crippen LogP contribution is 2.37. The van der Waals surface area contributed by atoms with Crippen molar-refractivity contribution in [2.24, 2.45) is 5.41 Å². The van der Waals surface area contributed by atoms with Gasteiger partial charge in [-0.1, -0.05) is 25.3 Å². The van der Waals surface area contributed by atoms with Gasteiger partial charge in [-0.05, 0) is 32.0 Å². The van der Waals surface area contributed by atoms with Gasteiger partial charge in [-0.25, -0.2) is 0 Å². The van der Waals surface area contributed by atoms with Crippen LogP contribution in [0.25, 0.3) is 0 Å². The number of carboxylic acid groups (broad SMARTS) is 1. The Morgan fingerprint density at radius 2 is 2.11 bits per heavy atom. The fraction of sp³-hybridized carbons (Fsp3) is 0.600. The summed E-state index contributed by atoms with van der Waals surface area (Å²) in [6.07, 6.45) is 6.60. The average molecular weight is 262 g/mol. The normalized spacial score (nSPS) is 18.4.